The van der Waals surface area contributed by atoms with Crippen LogP contribution in [0.3, 0.4) is 0 Å². The van der Waals surface area contributed by atoms with Gasteiger partial charge < -0.3 is 9.40 Å². The van der Waals surface area contributed by atoms with Crippen LogP contribution in [-0.2, 0) is 0 Å². The number of nitrogens with one attached hydrogen (secondary N) is 1. The van der Waals surface area contributed by atoms with E-state index in [1.807, 2.05) is 24.3 Å². The van der Waals surface area contributed by atoms with Crippen LogP contribution in [0.15, 0.2) is 77.8 Å². The van der Waals surface area contributed by atoms with Crippen LogP contribution in [-0.4, -0.2) is 15.0 Å². The molecule has 0 spiro atoms. The molecule has 3 heterocycles. The molecular weight excluding hydrogens is 298 g/mol. The van der Waals surface area contributed by atoms with Crippen LogP contribution in [0.1, 0.15) is 0 Å². The molecular formula is C20H13N3O. The standard InChI is InChI=1S/C20H13N3O/c1-2-4-14-9-15(6-5-13(14)3-1)16-11-24-19-8-7-17(23-20(16)19)18-10-21-12-22-18/h1-12H,(H,21,22). The maximum absolute atomic E-state index is 5.70. The summed E-state index contributed by atoms with van der Waals surface area (Å²) in [6.07, 6.45) is 5.20. The molecule has 0 radical (unpaired) electrons. The summed E-state index contributed by atoms with van der Waals surface area (Å²) in [5.41, 5.74) is 5.48. The van der Waals surface area contributed by atoms with Gasteiger partial charge in [-0.05, 0) is 34.5 Å². The zero-order chi connectivity index (χ0) is 15.9. The van der Waals surface area contributed by atoms with Crippen molar-refractivity contribution in [1.82, 2.24) is 15.0 Å². The molecule has 0 amide bonds. The third kappa shape index (κ3) is 2.01. The quantitative estimate of drug-likeness (QED) is 0.497. The number of benzene rings is 2. The van der Waals surface area contributed by atoms with Gasteiger partial charge in [-0.25, -0.2) is 9.97 Å². The summed E-state index contributed by atoms with van der Waals surface area (Å²) in [6, 6.07) is 18.6. The zero-order valence-corrected chi connectivity index (χ0v) is 12.7. The van der Waals surface area contributed by atoms with Gasteiger partial charge in [0, 0.05) is 5.56 Å². The van der Waals surface area contributed by atoms with Gasteiger partial charge in [-0.1, -0.05) is 36.4 Å². The Morgan fingerprint density at radius 2 is 1.83 bits per heavy atom. The van der Waals surface area contributed by atoms with Crippen molar-refractivity contribution in [3.63, 3.8) is 0 Å². The number of fused-ring (bicyclic) bond motifs is 2. The number of aromatic nitrogens is 3. The molecule has 0 aliphatic carbocycles. The molecule has 5 rings (SSSR count). The Morgan fingerprint density at radius 1 is 0.917 bits per heavy atom. The highest BCUT2D eigenvalue weighted by molar-refractivity contribution is 5.95. The first kappa shape index (κ1) is 13.1. The lowest BCUT2D eigenvalue weighted by Crippen LogP contribution is -1.85. The van der Waals surface area contributed by atoms with Crippen molar-refractivity contribution >= 4 is 21.9 Å². The van der Waals surface area contributed by atoms with Gasteiger partial charge in [0.2, 0.25) is 0 Å². The van der Waals surface area contributed by atoms with Crippen LogP contribution in [0.4, 0.5) is 0 Å². The molecule has 4 nitrogen and oxygen atoms in total. The Kier molecular flexibility index (Phi) is 2.76. The van der Waals surface area contributed by atoms with Gasteiger partial charge >= 0.3 is 0 Å². The molecule has 0 bridgehead atoms. The number of rotatable bonds is 2. The molecule has 5 aromatic rings. The summed E-state index contributed by atoms with van der Waals surface area (Å²) in [5.74, 6) is 0. The Morgan fingerprint density at radius 3 is 2.71 bits per heavy atom. The summed E-state index contributed by atoms with van der Waals surface area (Å²) in [6.45, 7) is 0. The smallest absolute Gasteiger partial charge is 0.153 e. The van der Waals surface area contributed by atoms with E-state index in [-0.39, 0.29) is 0 Å². The number of pyridine rings is 1. The number of imidazole rings is 1. The molecule has 0 saturated heterocycles. The molecule has 1 N–H and O–H groups in total. The van der Waals surface area contributed by atoms with E-state index in [0.717, 1.165) is 33.6 Å². The number of hydrogen-bond acceptors (Lipinski definition) is 3. The number of nitrogens with zero attached hydrogens (tertiary/aromatic N) is 2. The van der Waals surface area contributed by atoms with E-state index in [0.29, 0.717) is 0 Å². The van der Waals surface area contributed by atoms with E-state index in [1.165, 1.54) is 10.8 Å². The lowest BCUT2D eigenvalue weighted by atomic mass is 10.0. The molecule has 4 heteroatoms. The minimum atomic E-state index is 0.779. The largest absolute Gasteiger partial charge is 0.462 e. The second kappa shape index (κ2) is 5.06. The summed E-state index contributed by atoms with van der Waals surface area (Å²) in [5, 5.41) is 2.43. The van der Waals surface area contributed by atoms with Crippen LogP contribution in [0.2, 0.25) is 0 Å². The van der Waals surface area contributed by atoms with Gasteiger partial charge in [0.1, 0.15) is 11.8 Å². The maximum Gasteiger partial charge on any atom is 0.153 e. The predicted molar refractivity (Wildman–Crippen MR) is 94.5 cm³/mol. The third-order valence-electron chi connectivity index (χ3n) is 4.25. The van der Waals surface area contributed by atoms with Gasteiger partial charge in [0.05, 0.1) is 23.9 Å². The summed E-state index contributed by atoms with van der Waals surface area (Å²) in [4.78, 5) is 11.9. The van der Waals surface area contributed by atoms with Crippen molar-refractivity contribution < 1.29 is 4.42 Å². The fourth-order valence-electron chi connectivity index (χ4n) is 3.02. The Bertz CT molecular complexity index is 1160. The van der Waals surface area contributed by atoms with Gasteiger partial charge in [0.15, 0.2) is 5.58 Å². The number of H-pyrrole nitrogens is 1. The highest BCUT2D eigenvalue weighted by Crippen LogP contribution is 2.32. The number of aromatic amines is 1. The Labute approximate surface area is 137 Å². The number of hydrogen-bond donors (Lipinski definition) is 1. The van der Waals surface area contributed by atoms with E-state index in [9.17, 15) is 0 Å². The fourth-order valence-corrected chi connectivity index (χ4v) is 3.02. The fraction of sp³-hybridized carbons (Fsp3) is 0. The van der Waals surface area contributed by atoms with Crippen molar-refractivity contribution in [2.45, 2.75) is 0 Å². The van der Waals surface area contributed by atoms with Gasteiger partial charge in [-0.3, -0.25) is 0 Å². The summed E-state index contributed by atoms with van der Waals surface area (Å²) in [7, 11) is 0. The average molecular weight is 311 g/mol. The predicted octanol–water partition coefficient (Wildman–Crippen LogP) is 5.04. The minimum absolute atomic E-state index is 0.779. The molecule has 0 aliphatic rings. The van der Waals surface area contributed by atoms with Crippen molar-refractivity contribution in [3.05, 3.63) is 73.4 Å². The first-order valence-corrected chi connectivity index (χ1v) is 7.75. The van der Waals surface area contributed by atoms with Crippen LogP contribution < -0.4 is 0 Å². The normalized spacial score (nSPS) is 11.3. The molecule has 0 fully saturated rings. The van der Waals surface area contributed by atoms with E-state index in [4.69, 9.17) is 9.40 Å². The van der Waals surface area contributed by atoms with Gasteiger partial charge in [0.25, 0.3) is 0 Å². The van der Waals surface area contributed by atoms with E-state index < -0.39 is 0 Å². The van der Waals surface area contributed by atoms with Crippen LogP contribution >= 0.6 is 0 Å². The highest BCUT2D eigenvalue weighted by atomic mass is 16.3. The zero-order valence-electron chi connectivity index (χ0n) is 12.7. The molecule has 0 unspecified atom stereocenters. The van der Waals surface area contributed by atoms with Crippen molar-refractivity contribution in [2.75, 3.05) is 0 Å². The van der Waals surface area contributed by atoms with E-state index in [2.05, 4.69) is 40.3 Å². The molecule has 24 heavy (non-hydrogen) atoms. The average Bonchev–Trinajstić information content (AvgIpc) is 3.30. The molecule has 0 atom stereocenters. The topological polar surface area (TPSA) is 54.7 Å². The van der Waals surface area contributed by atoms with E-state index in [1.54, 1.807) is 18.8 Å². The molecule has 2 aromatic carbocycles. The van der Waals surface area contributed by atoms with Gasteiger partial charge in [-0.15, -0.1) is 0 Å². The SMILES string of the molecule is c1ccc2cc(-c3coc4ccc(-c5cnc[nH]5)nc34)ccc2c1. The third-order valence-corrected chi connectivity index (χ3v) is 4.25. The highest BCUT2D eigenvalue weighted by Gasteiger charge is 2.12. The van der Waals surface area contributed by atoms with Crippen molar-refractivity contribution in [2.24, 2.45) is 0 Å². The van der Waals surface area contributed by atoms with Gasteiger partial charge in [-0.2, -0.15) is 0 Å². The second-order valence-electron chi connectivity index (χ2n) is 5.72. The monoisotopic (exact) mass is 311 g/mol. The molecule has 0 saturated carbocycles. The summed E-state index contributed by atoms with van der Waals surface area (Å²) < 4.78 is 5.70. The summed E-state index contributed by atoms with van der Waals surface area (Å²) >= 11 is 0. The lowest BCUT2D eigenvalue weighted by molar-refractivity contribution is 0.616. The Hall–Kier alpha value is -3.40. The second-order valence-corrected chi connectivity index (χ2v) is 5.72. The van der Waals surface area contributed by atoms with E-state index >= 15 is 0 Å². The Balaban J connectivity index is 1.71. The first-order chi connectivity index (χ1) is 11.9. The lowest BCUT2D eigenvalue weighted by Gasteiger charge is -2.03. The van der Waals surface area contributed by atoms with Crippen LogP contribution in [0.5, 0.6) is 0 Å². The minimum Gasteiger partial charge on any atom is -0.462 e. The molecule has 114 valence electrons. The number of furan rings is 1. The van der Waals surface area contributed by atoms with Crippen LogP contribution in [0, 0.1) is 0 Å². The van der Waals surface area contributed by atoms with Crippen molar-refractivity contribution in [3.8, 4) is 22.5 Å². The molecule has 0 aliphatic heterocycles. The first-order valence-electron chi connectivity index (χ1n) is 7.75. The molecule has 3 aromatic heterocycles. The van der Waals surface area contributed by atoms with Crippen molar-refractivity contribution in [1.29, 1.82) is 0 Å². The maximum atomic E-state index is 5.70. The van der Waals surface area contributed by atoms with Crippen LogP contribution in [0.25, 0.3) is 44.4 Å².